The van der Waals surface area contributed by atoms with E-state index in [0.717, 1.165) is 38.2 Å². The molecule has 0 N–H and O–H groups in total. The SMILES string of the molecule is CC(=O)OOC(=O)/C=C\C=C\C(=O)OOC(C)=O. The molecule has 0 aromatic rings. The normalized spacial score (nSPS) is 10.1. The van der Waals surface area contributed by atoms with Gasteiger partial charge in [0.1, 0.15) is 0 Å². The van der Waals surface area contributed by atoms with Crippen molar-refractivity contribution in [1.82, 2.24) is 0 Å². The van der Waals surface area contributed by atoms with Crippen LogP contribution in [0.4, 0.5) is 0 Å². The van der Waals surface area contributed by atoms with E-state index in [-0.39, 0.29) is 0 Å². The van der Waals surface area contributed by atoms with Crippen molar-refractivity contribution >= 4 is 23.9 Å². The van der Waals surface area contributed by atoms with Crippen molar-refractivity contribution in [3.63, 3.8) is 0 Å². The quantitative estimate of drug-likeness (QED) is 0.304. The first-order valence-corrected chi connectivity index (χ1v) is 4.54. The molecule has 0 aromatic heterocycles. The second-order valence-electron chi connectivity index (χ2n) is 2.67. The van der Waals surface area contributed by atoms with Crippen molar-refractivity contribution in [3.8, 4) is 0 Å². The number of carbonyl (C=O) groups excluding carboxylic acids is 4. The number of allylic oxidation sites excluding steroid dienone is 2. The van der Waals surface area contributed by atoms with Gasteiger partial charge in [-0.25, -0.2) is 38.7 Å². The highest BCUT2D eigenvalue weighted by molar-refractivity contribution is 5.84. The first-order chi connectivity index (χ1) is 8.41. The molecule has 98 valence electrons. The molecule has 0 bridgehead atoms. The lowest BCUT2D eigenvalue weighted by Crippen LogP contribution is -2.06. The molecule has 0 aliphatic rings. The summed E-state index contributed by atoms with van der Waals surface area (Å²) < 4.78 is 0. The Kier molecular flexibility index (Phi) is 7.26. The van der Waals surface area contributed by atoms with Crippen molar-refractivity contribution in [1.29, 1.82) is 0 Å². The average molecular weight is 258 g/mol. The minimum absolute atomic E-state index is 0.780. The van der Waals surface area contributed by atoms with Crippen LogP contribution in [-0.2, 0) is 38.7 Å². The van der Waals surface area contributed by atoms with Crippen molar-refractivity contribution in [2.45, 2.75) is 13.8 Å². The third kappa shape index (κ3) is 9.90. The molecule has 8 nitrogen and oxygen atoms in total. The molecule has 0 aliphatic carbocycles. The van der Waals surface area contributed by atoms with Gasteiger partial charge in [0.05, 0.1) is 0 Å². The van der Waals surface area contributed by atoms with Crippen LogP contribution in [-0.4, -0.2) is 23.9 Å². The van der Waals surface area contributed by atoms with E-state index in [1.807, 2.05) is 0 Å². The Morgan fingerprint density at radius 3 is 1.28 bits per heavy atom. The van der Waals surface area contributed by atoms with E-state index in [2.05, 4.69) is 19.6 Å². The number of hydrogen-bond acceptors (Lipinski definition) is 8. The summed E-state index contributed by atoms with van der Waals surface area (Å²) in [5.74, 6) is -3.44. The Balaban J connectivity index is 3.92. The van der Waals surface area contributed by atoms with Gasteiger partial charge in [-0.3, -0.25) is 0 Å². The zero-order valence-corrected chi connectivity index (χ0v) is 9.58. The molecule has 0 saturated heterocycles. The molecule has 0 unspecified atom stereocenters. The van der Waals surface area contributed by atoms with Crippen molar-refractivity contribution in [2.75, 3.05) is 0 Å². The molecular weight excluding hydrogens is 248 g/mol. The van der Waals surface area contributed by atoms with Crippen LogP contribution in [0.3, 0.4) is 0 Å². The summed E-state index contributed by atoms with van der Waals surface area (Å²) in [6.45, 7) is 2.11. The predicted octanol–water partition coefficient (Wildman–Crippen LogP) is 0.141. The largest absolute Gasteiger partial charge is 0.379 e. The van der Waals surface area contributed by atoms with Crippen molar-refractivity contribution in [3.05, 3.63) is 24.3 Å². The van der Waals surface area contributed by atoms with Crippen LogP contribution in [0.5, 0.6) is 0 Å². The predicted molar refractivity (Wildman–Crippen MR) is 54.0 cm³/mol. The molecule has 0 saturated carbocycles. The fourth-order valence-corrected chi connectivity index (χ4v) is 0.523. The smallest absolute Gasteiger partial charge is 0.248 e. The zero-order valence-electron chi connectivity index (χ0n) is 9.58. The molecule has 0 radical (unpaired) electrons. The maximum absolute atomic E-state index is 10.8. The lowest BCUT2D eigenvalue weighted by Gasteiger charge is -1.95. The highest BCUT2D eigenvalue weighted by Crippen LogP contribution is 1.88. The average Bonchev–Trinajstić information content (AvgIpc) is 2.29. The monoisotopic (exact) mass is 258 g/mol. The van der Waals surface area contributed by atoms with Gasteiger partial charge in [-0.1, -0.05) is 12.2 Å². The van der Waals surface area contributed by atoms with E-state index in [9.17, 15) is 19.2 Å². The minimum atomic E-state index is -0.941. The van der Waals surface area contributed by atoms with Crippen LogP contribution in [0, 0.1) is 0 Å². The molecule has 0 heterocycles. The molecule has 0 amide bonds. The number of rotatable bonds is 3. The molecule has 8 heteroatoms. The van der Waals surface area contributed by atoms with E-state index >= 15 is 0 Å². The van der Waals surface area contributed by atoms with Gasteiger partial charge < -0.3 is 0 Å². The number of carbonyl (C=O) groups is 4. The van der Waals surface area contributed by atoms with Crippen LogP contribution in [0.15, 0.2) is 24.3 Å². The van der Waals surface area contributed by atoms with E-state index in [1.54, 1.807) is 0 Å². The second kappa shape index (κ2) is 8.50. The summed E-state index contributed by atoms with van der Waals surface area (Å²) in [6, 6.07) is 0. The van der Waals surface area contributed by atoms with E-state index in [1.165, 1.54) is 0 Å². The van der Waals surface area contributed by atoms with Gasteiger partial charge in [-0.2, -0.15) is 0 Å². The summed E-state index contributed by atoms with van der Waals surface area (Å²) in [6.07, 6.45) is 4.03. The lowest BCUT2D eigenvalue weighted by molar-refractivity contribution is -0.253. The van der Waals surface area contributed by atoms with Gasteiger partial charge >= 0.3 is 23.9 Å². The van der Waals surface area contributed by atoms with E-state index in [0.29, 0.717) is 0 Å². The lowest BCUT2D eigenvalue weighted by atomic mass is 10.4. The van der Waals surface area contributed by atoms with Gasteiger partial charge in [0.25, 0.3) is 0 Å². The first-order valence-electron chi connectivity index (χ1n) is 4.54. The van der Waals surface area contributed by atoms with Crippen LogP contribution < -0.4 is 0 Å². The Labute approximate surface area is 102 Å². The third-order valence-electron chi connectivity index (χ3n) is 1.06. The zero-order chi connectivity index (χ0) is 14.0. The highest BCUT2D eigenvalue weighted by atomic mass is 17.2. The molecule has 18 heavy (non-hydrogen) atoms. The summed E-state index contributed by atoms with van der Waals surface area (Å²) in [7, 11) is 0. The number of hydrogen-bond donors (Lipinski definition) is 0. The molecule has 0 aliphatic heterocycles. The van der Waals surface area contributed by atoms with Crippen molar-refractivity contribution in [2.24, 2.45) is 0 Å². The maximum atomic E-state index is 10.8. The van der Waals surface area contributed by atoms with Crippen LogP contribution in [0.2, 0.25) is 0 Å². The molecular formula is C10H10O8. The Bertz CT molecular complexity index is 355. The molecule has 0 fully saturated rings. The van der Waals surface area contributed by atoms with Crippen LogP contribution >= 0.6 is 0 Å². The second-order valence-corrected chi connectivity index (χ2v) is 2.67. The fourth-order valence-electron chi connectivity index (χ4n) is 0.523. The molecule has 0 aromatic carbocycles. The highest BCUT2D eigenvalue weighted by Gasteiger charge is 2.01. The summed E-state index contributed by atoms with van der Waals surface area (Å²) in [4.78, 5) is 58.0. The van der Waals surface area contributed by atoms with Gasteiger partial charge in [0, 0.05) is 26.0 Å². The maximum Gasteiger partial charge on any atom is 0.379 e. The Morgan fingerprint density at radius 1 is 0.667 bits per heavy atom. The molecule has 0 rings (SSSR count). The van der Waals surface area contributed by atoms with Crippen LogP contribution in [0.25, 0.3) is 0 Å². The topological polar surface area (TPSA) is 105 Å². The van der Waals surface area contributed by atoms with Gasteiger partial charge in [-0.15, -0.1) is 0 Å². The Hall–Kier alpha value is -2.64. The van der Waals surface area contributed by atoms with E-state index in [4.69, 9.17) is 0 Å². The van der Waals surface area contributed by atoms with E-state index < -0.39 is 23.9 Å². The summed E-state index contributed by atoms with van der Waals surface area (Å²) >= 11 is 0. The summed E-state index contributed by atoms with van der Waals surface area (Å²) in [5.41, 5.74) is 0. The Morgan fingerprint density at radius 2 is 1.00 bits per heavy atom. The summed E-state index contributed by atoms with van der Waals surface area (Å²) in [5, 5.41) is 0. The molecule has 0 atom stereocenters. The van der Waals surface area contributed by atoms with Crippen molar-refractivity contribution < 1.29 is 38.7 Å². The first kappa shape index (κ1) is 15.4. The minimum Gasteiger partial charge on any atom is -0.248 e. The van der Waals surface area contributed by atoms with Gasteiger partial charge in [-0.05, 0) is 0 Å². The van der Waals surface area contributed by atoms with Crippen LogP contribution in [0.1, 0.15) is 13.8 Å². The van der Waals surface area contributed by atoms with Gasteiger partial charge in [0.2, 0.25) is 0 Å². The molecule has 0 spiro atoms. The standard InChI is InChI=1S/C10H10O8/c1-7(11)15-17-9(13)5-3-4-6-10(14)18-16-8(2)12/h3-6H,1-2H3/b5-3-,6-4+. The van der Waals surface area contributed by atoms with Gasteiger partial charge in [0.15, 0.2) is 0 Å². The fraction of sp³-hybridized carbons (Fsp3) is 0.200. The third-order valence-corrected chi connectivity index (χ3v) is 1.06.